The van der Waals surface area contributed by atoms with Gasteiger partial charge in [-0.05, 0) is 32.8 Å². The van der Waals surface area contributed by atoms with Crippen LogP contribution >= 0.6 is 0 Å². The number of hydrogen-bond donors (Lipinski definition) is 1. The van der Waals surface area contributed by atoms with Crippen LogP contribution in [0.2, 0.25) is 0 Å². The number of carbonyl (C=O) groups excluding carboxylic acids is 1. The molecule has 0 bridgehead atoms. The highest BCUT2D eigenvalue weighted by Gasteiger charge is 2.28. The topological polar surface area (TPSA) is 37.3 Å². The second-order valence-corrected chi connectivity index (χ2v) is 4.34. The largest absolute Gasteiger partial charge is 0.389 e. The van der Waals surface area contributed by atoms with Crippen LogP contribution < -0.4 is 0 Å². The number of carbonyl (C=O) groups is 1. The molecule has 0 spiro atoms. The van der Waals surface area contributed by atoms with E-state index in [2.05, 4.69) is 19.7 Å². The van der Waals surface area contributed by atoms with Crippen LogP contribution in [0.1, 0.15) is 33.1 Å². The van der Waals surface area contributed by atoms with E-state index in [1.165, 1.54) is 6.08 Å². The lowest BCUT2D eigenvalue weighted by Gasteiger charge is -2.27. The minimum atomic E-state index is -1.05. The Morgan fingerprint density at radius 1 is 1.20 bits per heavy atom. The zero-order valence-corrected chi connectivity index (χ0v) is 9.68. The predicted molar refractivity (Wildman–Crippen MR) is 63.6 cm³/mol. The second-order valence-electron chi connectivity index (χ2n) is 4.34. The molecule has 0 rings (SSSR count). The Bertz CT molecular complexity index is 271. The third-order valence-corrected chi connectivity index (χ3v) is 1.99. The summed E-state index contributed by atoms with van der Waals surface area (Å²) in [4.78, 5) is 11.3. The molecule has 1 N–H and O–H groups in total. The van der Waals surface area contributed by atoms with Gasteiger partial charge in [-0.2, -0.15) is 0 Å². The molecule has 0 aliphatic heterocycles. The molecule has 0 radical (unpaired) electrons. The van der Waals surface area contributed by atoms with Gasteiger partial charge in [0, 0.05) is 6.42 Å². The lowest BCUT2D eigenvalue weighted by molar-refractivity contribution is -0.119. The van der Waals surface area contributed by atoms with Crippen molar-refractivity contribution in [2.75, 3.05) is 0 Å². The summed E-state index contributed by atoms with van der Waals surface area (Å²) in [6, 6.07) is 0. The first kappa shape index (κ1) is 13.8. The fourth-order valence-electron chi connectivity index (χ4n) is 1.71. The number of aliphatic hydroxyl groups is 1. The van der Waals surface area contributed by atoms with Crippen LogP contribution in [0.15, 0.2) is 37.0 Å². The van der Waals surface area contributed by atoms with E-state index in [4.69, 9.17) is 0 Å². The molecule has 0 aromatic carbocycles. The molecule has 0 aromatic rings. The first-order valence-electron chi connectivity index (χ1n) is 4.95. The summed E-state index contributed by atoms with van der Waals surface area (Å²) < 4.78 is 0. The zero-order valence-electron chi connectivity index (χ0n) is 9.68. The molecule has 2 nitrogen and oxygen atoms in total. The molecule has 0 atom stereocenters. The van der Waals surface area contributed by atoms with Crippen LogP contribution in [0.4, 0.5) is 0 Å². The fraction of sp³-hybridized carbons (Fsp3) is 0.462. The standard InChI is InChI=1S/C13H20O2/c1-6-12(14)9-13(15,7-10(2)3)8-11(4)5/h6,15H,1-2,4,7-9H2,3,5H3. The summed E-state index contributed by atoms with van der Waals surface area (Å²) in [6.07, 6.45) is 2.15. The Labute approximate surface area is 92.0 Å². The van der Waals surface area contributed by atoms with Crippen LogP contribution in [0.25, 0.3) is 0 Å². The maximum absolute atomic E-state index is 11.3. The quantitative estimate of drug-likeness (QED) is 0.516. The van der Waals surface area contributed by atoms with E-state index < -0.39 is 5.60 Å². The summed E-state index contributed by atoms with van der Waals surface area (Å²) in [5.74, 6) is -0.153. The lowest BCUT2D eigenvalue weighted by atomic mass is 9.85. The van der Waals surface area contributed by atoms with Crippen LogP contribution in [0, 0.1) is 0 Å². The van der Waals surface area contributed by atoms with Crippen LogP contribution in [-0.4, -0.2) is 16.5 Å². The Morgan fingerprint density at radius 3 is 1.87 bits per heavy atom. The smallest absolute Gasteiger partial charge is 0.157 e. The Balaban J connectivity index is 4.67. The van der Waals surface area contributed by atoms with Gasteiger partial charge in [0.15, 0.2) is 5.78 Å². The fourth-order valence-corrected chi connectivity index (χ4v) is 1.71. The molecule has 0 heterocycles. The van der Waals surface area contributed by atoms with E-state index in [0.717, 1.165) is 11.1 Å². The summed E-state index contributed by atoms with van der Waals surface area (Å²) in [7, 11) is 0. The molecule has 0 amide bonds. The maximum Gasteiger partial charge on any atom is 0.157 e. The van der Waals surface area contributed by atoms with Crippen LogP contribution in [-0.2, 0) is 4.79 Å². The first-order chi connectivity index (χ1) is 6.79. The van der Waals surface area contributed by atoms with Gasteiger partial charge in [-0.15, -0.1) is 13.2 Å². The molecule has 0 aromatic heterocycles. The first-order valence-corrected chi connectivity index (χ1v) is 4.95. The zero-order chi connectivity index (χ0) is 12.1. The molecule has 2 heteroatoms. The number of rotatable bonds is 7. The molecule has 0 saturated carbocycles. The van der Waals surface area contributed by atoms with Crippen molar-refractivity contribution in [1.82, 2.24) is 0 Å². The SMILES string of the molecule is C=CC(=O)CC(O)(CC(=C)C)CC(=C)C. The average Bonchev–Trinajstić information content (AvgIpc) is 1.99. The summed E-state index contributed by atoms with van der Waals surface area (Å²) >= 11 is 0. The molecule has 15 heavy (non-hydrogen) atoms. The number of ketones is 1. The van der Waals surface area contributed by atoms with Crippen molar-refractivity contribution >= 4 is 5.78 Å². The van der Waals surface area contributed by atoms with E-state index in [1.54, 1.807) is 0 Å². The molecule has 0 aliphatic rings. The highest BCUT2D eigenvalue weighted by atomic mass is 16.3. The summed E-state index contributed by atoms with van der Waals surface area (Å²) in [6.45, 7) is 14.6. The lowest BCUT2D eigenvalue weighted by Crippen LogP contribution is -2.31. The van der Waals surface area contributed by atoms with Gasteiger partial charge in [0.1, 0.15) is 0 Å². The molecule has 0 fully saturated rings. The average molecular weight is 208 g/mol. The highest BCUT2D eigenvalue weighted by Crippen LogP contribution is 2.27. The van der Waals surface area contributed by atoms with Crippen molar-refractivity contribution in [3.05, 3.63) is 37.0 Å². The van der Waals surface area contributed by atoms with Crippen LogP contribution in [0.5, 0.6) is 0 Å². The van der Waals surface area contributed by atoms with E-state index >= 15 is 0 Å². The highest BCUT2D eigenvalue weighted by molar-refractivity contribution is 5.89. The van der Waals surface area contributed by atoms with Gasteiger partial charge in [0.05, 0.1) is 5.60 Å². The van der Waals surface area contributed by atoms with Gasteiger partial charge in [-0.1, -0.05) is 17.7 Å². The third-order valence-electron chi connectivity index (χ3n) is 1.99. The Morgan fingerprint density at radius 2 is 1.60 bits per heavy atom. The molecular formula is C13H20O2. The van der Waals surface area contributed by atoms with Gasteiger partial charge in [0.25, 0.3) is 0 Å². The summed E-state index contributed by atoms with van der Waals surface area (Å²) in [5, 5.41) is 10.3. The second kappa shape index (κ2) is 5.66. The number of allylic oxidation sites excluding steroid dienone is 1. The Hall–Kier alpha value is -1.15. The molecular weight excluding hydrogens is 188 g/mol. The van der Waals surface area contributed by atoms with Crippen molar-refractivity contribution in [2.45, 2.75) is 38.7 Å². The molecule has 0 aliphatic carbocycles. The van der Waals surface area contributed by atoms with E-state index in [9.17, 15) is 9.90 Å². The van der Waals surface area contributed by atoms with Gasteiger partial charge in [-0.3, -0.25) is 4.79 Å². The predicted octanol–water partition coefficient (Wildman–Crippen LogP) is 2.80. The monoisotopic (exact) mass is 208 g/mol. The van der Waals surface area contributed by atoms with Crippen molar-refractivity contribution in [3.8, 4) is 0 Å². The van der Waals surface area contributed by atoms with Crippen molar-refractivity contribution < 1.29 is 9.90 Å². The van der Waals surface area contributed by atoms with Gasteiger partial charge >= 0.3 is 0 Å². The van der Waals surface area contributed by atoms with E-state index in [1.807, 2.05) is 13.8 Å². The van der Waals surface area contributed by atoms with Gasteiger partial charge in [0.2, 0.25) is 0 Å². The maximum atomic E-state index is 11.3. The normalized spacial score (nSPS) is 10.9. The molecule has 0 saturated heterocycles. The minimum absolute atomic E-state index is 0.0796. The van der Waals surface area contributed by atoms with E-state index in [-0.39, 0.29) is 12.2 Å². The Kier molecular flexibility index (Phi) is 5.23. The molecule has 84 valence electrons. The van der Waals surface area contributed by atoms with E-state index in [0.29, 0.717) is 12.8 Å². The van der Waals surface area contributed by atoms with Crippen LogP contribution in [0.3, 0.4) is 0 Å². The van der Waals surface area contributed by atoms with Crippen molar-refractivity contribution in [1.29, 1.82) is 0 Å². The number of hydrogen-bond acceptors (Lipinski definition) is 2. The third kappa shape index (κ3) is 6.02. The summed E-state index contributed by atoms with van der Waals surface area (Å²) in [5.41, 5.74) is 0.661. The minimum Gasteiger partial charge on any atom is -0.389 e. The van der Waals surface area contributed by atoms with Crippen molar-refractivity contribution in [2.24, 2.45) is 0 Å². The molecule has 0 unspecified atom stereocenters. The van der Waals surface area contributed by atoms with Gasteiger partial charge in [-0.25, -0.2) is 0 Å². The van der Waals surface area contributed by atoms with Crippen molar-refractivity contribution in [3.63, 3.8) is 0 Å². The van der Waals surface area contributed by atoms with Gasteiger partial charge < -0.3 is 5.11 Å².